The van der Waals surface area contributed by atoms with Crippen LogP contribution in [0.4, 0.5) is 4.39 Å². The second-order valence-electron chi connectivity index (χ2n) is 3.17. The minimum Gasteiger partial charge on any atom is -0.320 e. The third-order valence-electron chi connectivity index (χ3n) is 1.94. The van der Waals surface area contributed by atoms with E-state index in [1.54, 1.807) is 13.0 Å². The summed E-state index contributed by atoms with van der Waals surface area (Å²) in [5, 5.41) is 2.60. The monoisotopic (exact) mass is 215 g/mol. The van der Waals surface area contributed by atoms with Crippen molar-refractivity contribution in [2.45, 2.75) is 19.8 Å². The normalized spacial score (nSPS) is 10.5. The van der Waals surface area contributed by atoms with Gasteiger partial charge in [-0.2, -0.15) is 4.39 Å². The summed E-state index contributed by atoms with van der Waals surface area (Å²) in [5.41, 5.74) is 0.253. The molecule has 0 aliphatic carbocycles. The first-order valence-electron chi connectivity index (χ1n) is 4.59. The molecule has 0 spiro atoms. The quantitative estimate of drug-likeness (QED) is 0.603. The summed E-state index contributed by atoms with van der Waals surface area (Å²) in [7, 11) is 1.83. The Morgan fingerprint density at radius 3 is 2.86 bits per heavy atom. The van der Waals surface area contributed by atoms with Crippen LogP contribution in [-0.4, -0.2) is 19.4 Å². The number of aryl methyl sites for hydroxylation is 1. The Labute approximate surface area is 87.1 Å². The largest absolute Gasteiger partial charge is 0.320 e. The Balaban J connectivity index is 2.56. The van der Waals surface area contributed by atoms with Crippen LogP contribution in [0.15, 0.2) is 6.07 Å². The van der Waals surface area contributed by atoms with E-state index in [1.165, 1.54) is 0 Å². The van der Waals surface area contributed by atoms with Gasteiger partial charge in [-0.05, 0) is 33.0 Å². The molecule has 0 saturated carbocycles. The highest BCUT2D eigenvalue weighted by Crippen LogP contribution is 2.21. The number of Topliss-reactive ketones (excluding diaryl/α,β-unsaturated/α-hetero) is 1. The Bertz CT molecular complexity index is 322. The van der Waals surface area contributed by atoms with Crippen LogP contribution in [-0.2, 0) is 0 Å². The van der Waals surface area contributed by atoms with Crippen molar-refractivity contribution in [2.75, 3.05) is 13.6 Å². The first-order valence-corrected chi connectivity index (χ1v) is 5.40. The number of carbonyl (C=O) groups excluding carboxylic acids is 1. The minimum absolute atomic E-state index is 0.0953. The molecule has 0 aliphatic rings. The molecule has 0 aliphatic heterocycles. The van der Waals surface area contributed by atoms with Crippen LogP contribution in [0, 0.1) is 12.1 Å². The summed E-state index contributed by atoms with van der Waals surface area (Å²) in [6.07, 6.45) is 1.16. The summed E-state index contributed by atoms with van der Waals surface area (Å²) in [5.74, 6) is -0.0953. The Kier molecular flexibility index (Phi) is 4.22. The molecule has 0 amide bonds. The molecular weight excluding hydrogens is 201 g/mol. The van der Waals surface area contributed by atoms with Crippen molar-refractivity contribution < 1.29 is 9.18 Å². The first-order chi connectivity index (χ1) is 6.65. The highest BCUT2D eigenvalue weighted by molar-refractivity contribution is 7.10. The van der Waals surface area contributed by atoms with Crippen molar-refractivity contribution in [3.63, 3.8) is 0 Å². The van der Waals surface area contributed by atoms with E-state index in [-0.39, 0.29) is 16.5 Å². The number of halogens is 1. The molecule has 1 N–H and O–H groups in total. The van der Waals surface area contributed by atoms with Crippen molar-refractivity contribution in [1.29, 1.82) is 0 Å². The lowest BCUT2D eigenvalue weighted by Crippen LogP contribution is -2.10. The number of nitrogens with one attached hydrogen (secondary N) is 1. The van der Waals surface area contributed by atoms with Gasteiger partial charge in [0.15, 0.2) is 10.9 Å². The van der Waals surface area contributed by atoms with Gasteiger partial charge in [0.25, 0.3) is 0 Å². The van der Waals surface area contributed by atoms with Gasteiger partial charge in [0, 0.05) is 11.3 Å². The van der Waals surface area contributed by atoms with Gasteiger partial charge in [0.1, 0.15) is 0 Å². The standard InChI is InChI=1S/C10H14FNOS/c1-7-6-8(10(11)14-7)9(13)4-3-5-12-2/h6,12H,3-5H2,1-2H3. The summed E-state index contributed by atoms with van der Waals surface area (Å²) >= 11 is 1.03. The fourth-order valence-electron chi connectivity index (χ4n) is 1.24. The van der Waals surface area contributed by atoms with Crippen molar-refractivity contribution >= 4 is 17.1 Å². The molecule has 1 heterocycles. The molecule has 0 unspecified atom stereocenters. The molecule has 1 aromatic heterocycles. The number of hydrogen-bond donors (Lipinski definition) is 1. The number of rotatable bonds is 5. The molecule has 0 radical (unpaired) electrons. The van der Waals surface area contributed by atoms with Crippen LogP contribution in [0.3, 0.4) is 0 Å². The van der Waals surface area contributed by atoms with Crippen LogP contribution in [0.25, 0.3) is 0 Å². The zero-order valence-electron chi connectivity index (χ0n) is 8.39. The maximum absolute atomic E-state index is 13.2. The van der Waals surface area contributed by atoms with Crippen molar-refractivity contribution in [1.82, 2.24) is 5.32 Å². The van der Waals surface area contributed by atoms with Crippen LogP contribution in [0.2, 0.25) is 0 Å². The fourth-order valence-corrected chi connectivity index (χ4v) is 1.98. The molecule has 0 fully saturated rings. The first kappa shape index (κ1) is 11.3. The lowest BCUT2D eigenvalue weighted by atomic mass is 10.1. The van der Waals surface area contributed by atoms with Gasteiger partial charge in [-0.25, -0.2) is 0 Å². The Morgan fingerprint density at radius 2 is 2.36 bits per heavy atom. The van der Waals surface area contributed by atoms with Gasteiger partial charge in [-0.15, -0.1) is 11.3 Å². The topological polar surface area (TPSA) is 29.1 Å². The van der Waals surface area contributed by atoms with E-state index in [4.69, 9.17) is 0 Å². The number of carbonyl (C=O) groups is 1. The molecular formula is C10H14FNOS. The fraction of sp³-hybridized carbons (Fsp3) is 0.500. The Morgan fingerprint density at radius 1 is 1.64 bits per heavy atom. The van der Waals surface area contributed by atoms with Gasteiger partial charge >= 0.3 is 0 Å². The number of hydrogen-bond acceptors (Lipinski definition) is 3. The van der Waals surface area contributed by atoms with E-state index >= 15 is 0 Å². The maximum Gasteiger partial charge on any atom is 0.187 e. The zero-order valence-corrected chi connectivity index (χ0v) is 9.21. The van der Waals surface area contributed by atoms with E-state index in [1.807, 2.05) is 7.05 Å². The number of ketones is 1. The molecule has 0 saturated heterocycles. The highest BCUT2D eigenvalue weighted by Gasteiger charge is 2.13. The average Bonchev–Trinajstić information content (AvgIpc) is 2.45. The second kappa shape index (κ2) is 5.22. The van der Waals surface area contributed by atoms with Crippen molar-refractivity contribution in [3.05, 3.63) is 21.6 Å². The van der Waals surface area contributed by atoms with Gasteiger partial charge < -0.3 is 5.32 Å². The molecule has 1 rings (SSSR count). The van der Waals surface area contributed by atoms with Crippen LogP contribution in [0.1, 0.15) is 28.1 Å². The predicted molar refractivity (Wildman–Crippen MR) is 56.5 cm³/mol. The van der Waals surface area contributed by atoms with Crippen LogP contribution >= 0.6 is 11.3 Å². The average molecular weight is 215 g/mol. The molecule has 4 heteroatoms. The van der Waals surface area contributed by atoms with Crippen LogP contribution < -0.4 is 5.32 Å². The lowest BCUT2D eigenvalue weighted by molar-refractivity contribution is 0.0977. The van der Waals surface area contributed by atoms with Gasteiger partial charge in [-0.3, -0.25) is 4.79 Å². The SMILES string of the molecule is CNCCCC(=O)c1cc(C)sc1F. The second-order valence-corrected chi connectivity index (χ2v) is 4.38. The molecule has 2 nitrogen and oxygen atoms in total. The Hall–Kier alpha value is -0.740. The van der Waals surface area contributed by atoms with Crippen molar-refractivity contribution in [2.24, 2.45) is 0 Å². The molecule has 1 aromatic rings. The highest BCUT2D eigenvalue weighted by atomic mass is 32.1. The summed E-state index contributed by atoms with van der Waals surface area (Å²) in [6.45, 7) is 2.59. The summed E-state index contributed by atoms with van der Waals surface area (Å²) in [6, 6.07) is 1.63. The van der Waals surface area contributed by atoms with E-state index in [2.05, 4.69) is 5.32 Å². The third kappa shape index (κ3) is 2.89. The molecule has 0 bridgehead atoms. The smallest absolute Gasteiger partial charge is 0.187 e. The molecule has 14 heavy (non-hydrogen) atoms. The van der Waals surface area contributed by atoms with Gasteiger partial charge in [-0.1, -0.05) is 0 Å². The lowest BCUT2D eigenvalue weighted by Gasteiger charge is -1.98. The van der Waals surface area contributed by atoms with Crippen molar-refractivity contribution in [3.8, 4) is 0 Å². The van der Waals surface area contributed by atoms with E-state index in [0.717, 1.165) is 29.2 Å². The summed E-state index contributed by atoms with van der Waals surface area (Å²) in [4.78, 5) is 12.3. The zero-order chi connectivity index (χ0) is 10.6. The predicted octanol–water partition coefficient (Wildman–Crippen LogP) is 2.38. The van der Waals surface area contributed by atoms with Gasteiger partial charge in [0.05, 0.1) is 5.56 Å². The minimum atomic E-state index is -0.350. The van der Waals surface area contributed by atoms with E-state index in [9.17, 15) is 9.18 Å². The molecule has 0 aromatic carbocycles. The van der Waals surface area contributed by atoms with E-state index < -0.39 is 0 Å². The maximum atomic E-state index is 13.2. The van der Waals surface area contributed by atoms with E-state index in [0.29, 0.717) is 6.42 Å². The number of thiophene rings is 1. The van der Waals surface area contributed by atoms with Crippen LogP contribution in [0.5, 0.6) is 0 Å². The molecule has 78 valence electrons. The molecule has 0 atom stereocenters. The van der Waals surface area contributed by atoms with Gasteiger partial charge in [0.2, 0.25) is 0 Å². The summed E-state index contributed by atoms with van der Waals surface area (Å²) < 4.78 is 13.2. The third-order valence-corrected chi connectivity index (χ3v) is 2.78.